The molecule has 0 spiro atoms. The molecule has 0 bridgehead atoms. The van der Waals surface area contributed by atoms with Crippen LogP contribution >= 0.6 is 0 Å². The van der Waals surface area contributed by atoms with E-state index >= 15 is 0 Å². The third-order valence-corrected chi connectivity index (χ3v) is 6.83. The molecule has 30 heavy (non-hydrogen) atoms. The summed E-state index contributed by atoms with van der Waals surface area (Å²) in [4.78, 5) is 31.9. The molecule has 2 amide bonds. The molecule has 0 unspecified atom stereocenters. The fraction of sp³-hybridized carbons (Fsp3) is 0.480. The number of nitrogens with zero attached hydrogens (tertiary/aromatic N) is 2. The van der Waals surface area contributed by atoms with Crippen molar-refractivity contribution in [1.82, 2.24) is 9.88 Å². The van der Waals surface area contributed by atoms with Crippen molar-refractivity contribution < 1.29 is 9.59 Å². The molecule has 2 heterocycles. The van der Waals surface area contributed by atoms with E-state index in [1.807, 2.05) is 35.4 Å². The zero-order valence-electron chi connectivity index (χ0n) is 17.6. The summed E-state index contributed by atoms with van der Waals surface area (Å²) in [7, 11) is 0. The molecule has 1 saturated heterocycles. The number of hydrogen-bond donors (Lipinski definition) is 1. The number of carbonyl (C=O) groups is 2. The summed E-state index contributed by atoms with van der Waals surface area (Å²) < 4.78 is 0. The van der Waals surface area contributed by atoms with Crippen molar-refractivity contribution in [2.24, 2.45) is 17.1 Å². The quantitative estimate of drug-likeness (QED) is 0.818. The molecule has 2 aromatic rings. The highest BCUT2D eigenvalue weighted by atomic mass is 16.2. The maximum Gasteiger partial charge on any atom is 0.225 e. The van der Waals surface area contributed by atoms with Crippen molar-refractivity contribution in [3.05, 3.63) is 54.4 Å². The van der Waals surface area contributed by atoms with Gasteiger partial charge in [-0.25, -0.2) is 0 Å². The number of aromatic nitrogens is 1. The van der Waals surface area contributed by atoms with Gasteiger partial charge in [0.15, 0.2) is 0 Å². The van der Waals surface area contributed by atoms with Gasteiger partial charge in [-0.3, -0.25) is 14.6 Å². The van der Waals surface area contributed by atoms with Gasteiger partial charge in [0.05, 0.1) is 5.41 Å². The second-order valence-electron chi connectivity index (χ2n) is 8.96. The van der Waals surface area contributed by atoms with Crippen molar-refractivity contribution in [1.29, 1.82) is 0 Å². The predicted molar refractivity (Wildman–Crippen MR) is 117 cm³/mol. The van der Waals surface area contributed by atoms with Crippen LogP contribution in [-0.4, -0.2) is 34.8 Å². The van der Waals surface area contributed by atoms with Gasteiger partial charge >= 0.3 is 0 Å². The molecule has 0 radical (unpaired) electrons. The topological polar surface area (TPSA) is 76.3 Å². The van der Waals surface area contributed by atoms with Gasteiger partial charge in [-0.15, -0.1) is 0 Å². The van der Waals surface area contributed by atoms with Crippen LogP contribution in [0.1, 0.15) is 50.5 Å². The van der Waals surface area contributed by atoms with Crippen molar-refractivity contribution in [2.75, 3.05) is 13.1 Å². The summed E-state index contributed by atoms with van der Waals surface area (Å²) in [6.45, 7) is 1.18. The van der Waals surface area contributed by atoms with E-state index < -0.39 is 5.41 Å². The molecule has 5 heteroatoms. The van der Waals surface area contributed by atoms with Crippen LogP contribution in [-0.2, 0) is 16.0 Å². The van der Waals surface area contributed by atoms with Crippen LogP contribution in [0.5, 0.6) is 0 Å². The Bertz CT molecular complexity index is 892. The number of nitrogens with two attached hydrogens (primary N) is 1. The van der Waals surface area contributed by atoms with E-state index in [1.165, 1.54) is 6.42 Å². The van der Waals surface area contributed by atoms with Crippen LogP contribution in [0, 0.1) is 11.3 Å². The third-order valence-electron chi connectivity index (χ3n) is 6.83. The first-order valence-corrected chi connectivity index (χ1v) is 11.2. The molecule has 2 fully saturated rings. The second-order valence-corrected chi connectivity index (χ2v) is 8.96. The van der Waals surface area contributed by atoms with Gasteiger partial charge in [0.25, 0.3) is 0 Å². The van der Waals surface area contributed by atoms with E-state index in [0.717, 1.165) is 61.8 Å². The van der Waals surface area contributed by atoms with Crippen molar-refractivity contribution in [3.8, 4) is 11.1 Å². The molecule has 158 valence electrons. The standard InChI is InChI=1S/C25H31N3O2/c26-24(30)25(12-6-14-28(18-25)23(29)20-8-2-1-3-9-20)16-19-7-4-10-21(15-19)22-11-5-13-27-17-22/h4-5,7,10-11,13,15,17,20H,1-3,6,8-9,12,14,16,18H2,(H2,26,30)/t25-/m1/s1. The second kappa shape index (κ2) is 8.99. The lowest BCUT2D eigenvalue weighted by Crippen LogP contribution is -2.54. The molecule has 1 aliphatic carbocycles. The molecule has 4 rings (SSSR count). The average molecular weight is 406 g/mol. The Hall–Kier alpha value is -2.69. The van der Waals surface area contributed by atoms with Crippen LogP contribution in [0.4, 0.5) is 0 Å². The highest BCUT2D eigenvalue weighted by Gasteiger charge is 2.43. The SMILES string of the molecule is NC(=O)[C@@]1(Cc2cccc(-c3cccnc3)c2)CCCN(C(=O)C2CCCCC2)C1. The van der Waals surface area contributed by atoms with Gasteiger partial charge in [0, 0.05) is 31.4 Å². The minimum absolute atomic E-state index is 0.122. The van der Waals surface area contributed by atoms with Gasteiger partial charge in [0.2, 0.25) is 11.8 Å². The van der Waals surface area contributed by atoms with Crippen LogP contribution in [0.3, 0.4) is 0 Å². The lowest BCUT2D eigenvalue weighted by Gasteiger charge is -2.42. The number of pyridine rings is 1. The van der Waals surface area contributed by atoms with Gasteiger partial charge in [-0.05, 0) is 54.9 Å². The number of likely N-dealkylation sites (tertiary alicyclic amines) is 1. The van der Waals surface area contributed by atoms with Crippen LogP contribution < -0.4 is 5.73 Å². The van der Waals surface area contributed by atoms with Gasteiger partial charge in [-0.1, -0.05) is 49.6 Å². The Labute approximate surface area is 178 Å². The van der Waals surface area contributed by atoms with Crippen LogP contribution in [0.15, 0.2) is 48.8 Å². The minimum atomic E-state index is -0.698. The smallest absolute Gasteiger partial charge is 0.225 e. The van der Waals surface area contributed by atoms with Crippen molar-refractivity contribution in [2.45, 2.75) is 51.4 Å². The highest BCUT2D eigenvalue weighted by molar-refractivity contribution is 5.84. The zero-order chi connectivity index (χ0) is 21.0. The van der Waals surface area contributed by atoms with Crippen molar-refractivity contribution in [3.63, 3.8) is 0 Å². The summed E-state index contributed by atoms with van der Waals surface area (Å²) >= 11 is 0. The molecule has 5 nitrogen and oxygen atoms in total. The first-order chi connectivity index (χ1) is 14.6. The average Bonchev–Trinajstić information content (AvgIpc) is 2.80. The molecule has 2 N–H and O–H groups in total. The molecule has 1 atom stereocenters. The zero-order valence-corrected chi connectivity index (χ0v) is 17.6. The minimum Gasteiger partial charge on any atom is -0.369 e. The monoisotopic (exact) mass is 405 g/mol. The maximum atomic E-state index is 13.1. The first-order valence-electron chi connectivity index (χ1n) is 11.2. The molecule has 1 saturated carbocycles. The van der Waals surface area contributed by atoms with E-state index in [9.17, 15) is 9.59 Å². The molecule has 1 aliphatic heterocycles. The molecule has 1 aromatic heterocycles. The van der Waals surface area contributed by atoms with Gasteiger partial charge < -0.3 is 10.6 Å². The van der Waals surface area contributed by atoms with Crippen molar-refractivity contribution >= 4 is 11.8 Å². The number of amides is 2. The lowest BCUT2D eigenvalue weighted by molar-refractivity contribution is -0.143. The number of piperidine rings is 1. The predicted octanol–water partition coefficient (Wildman–Crippen LogP) is 3.97. The summed E-state index contributed by atoms with van der Waals surface area (Å²) in [6.07, 6.45) is 11.2. The molecular formula is C25H31N3O2. The van der Waals surface area contributed by atoms with E-state index in [0.29, 0.717) is 13.0 Å². The maximum absolute atomic E-state index is 13.1. The third kappa shape index (κ3) is 4.40. The first kappa shape index (κ1) is 20.6. The van der Waals surface area contributed by atoms with E-state index in [1.54, 1.807) is 6.20 Å². The molecular weight excluding hydrogens is 374 g/mol. The number of benzene rings is 1. The summed E-state index contributed by atoms with van der Waals surface area (Å²) in [5.74, 6) is 0.0518. The molecule has 2 aliphatic rings. The Morgan fingerprint density at radius 1 is 1.07 bits per heavy atom. The molecule has 1 aromatic carbocycles. The van der Waals surface area contributed by atoms with Gasteiger partial charge in [0.1, 0.15) is 0 Å². The van der Waals surface area contributed by atoms with Crippen LogP contribution in [0.25, 0.3) is 11.1 Å². The van der Waals surface area contributed by atoms with E-state index in [4.69, 9.17) is 5.73 Å². The summed E-state index contributed by atoms with van der Waals surface area (Å²) in [5.41, 5.74) is 8.45. The number of rotatable bonds is 5. The number of primary amides is 1. The Balaban J connectivity index is 1.54. The lowest BCUT2D eigenvalue weighted by atomic mass is 9.73. The largest absolute Gasteiger partial charge is 0.369 e. The summed E-state index contributed by atoms with van der Waals surface area (Å²) in [6, 6.07) is 12.2. The summed E-state index contributed by atoms with van der Waals surface area (Å²) in [5, 5.41) is 0. The fourth-order valence-corrected chi connectivity index (χ4v) is 5.15. The fourth-order valence-electron chi connectivity index (χ4n) is 5.15. The number of hydrogen-bond acceptors (Lipinski definition) is 3. The van der Waals surface area contributed by atoms with E-state index in [2.05, 4.69) is 17.1 Å². The van der Waals surface area contributed by atoms with E-state index in [-0.39, 0.29) is 17.7 Å². The Morgan fingerprint density at radius 3 is 2.60 bits per heavy atom. The van der Waals surface area contributed by atoms with Crippen LogP contribution in [0.2, 0.25) is 0 Å². The Kier molecular flexibility index (Phi) is 6.16. The van der Waals surface area contributed by atoms with Gasteiger partial charge in [-0.2, -0.15) is 0 Å². The Morgan fingerprint density at radius 2 is 1.87 bits per heavy atom. The highest BCUT2D eigenvalue weighted by Crippen LogP contribution is 2.36. The number of carbonyl (C=O) groups excluding carboxylic acids is 2. The normalized spacial score (nSPS) is 22.6.